The second kappa shape index (κ2) is 7.70. The molecule has 134 valence electrons. The number of allylic oxidation sites excluding steroid dienone is 1. The van der Waals surface area contributed by atoms with Crippen LogP contribution in [0.2, 0.25) is 10.0 Å². The van der Waals surface area contributed by atoms with Crippen molar-refractivity contribution in [3.05, 3.63) is 73.8 Å². The maximum atomic E-state index is 12.9. The highest BCUT2D eigenvalue weighted by Gasteiger charge is 2.33. The highest BCUT2D eigenvalue weighted by atomic mass is 79.9. The van der Waals surface area contributed by atoms with E-state index >= 15 is 0 Å². The topological polar surface area (TPSA) is 70.2 Å². The lowest BCUT2D eigenvalue weighted by molar-refractivity contribution is -0.113. The molecule has 0 aliphatic carbocycles. The van der Waals surface area contributed by atoms with Gasteiger partial charge in [0.2, 0.25) is 0 Å². The minimum absolute atomic E-state index is 0.336. The first-order valence-electron chi connectivity index (χ1n) is 7.66. The number of nitrogens with one attached hydrogen (secondary N) is 3. The van der Waals surface area contributed by atoms with Crippen molar-refractivity contribution in [2.24, 2.45) is 0 Å². The summed E-state index contributed by atoms with van der Waals surface area (Å²) in [7, 11) is 0. The fourth-order valence-electron chi connectivity index (χ4n) is 2.73. The molecule has 3 N–H and O–H groups in total. The van der Waals surface area contributed by atoms with Crippen molar-refractivity contribution in [1.82, 2.24) is 10.6 Å². The largest absolute Gasteiger partial charge is 0.327 e. The molecule has 0 unspecified atom stereocenters. The number of amides is 3. The molecular formula is C18H14BrCl2N3O2. The number of hydrogen-bond acceptors (Lipinski definition) is 2. The van der Waals surface area contributed by atoms with Crippen molar-refractivity contribution in [3.8, 4) is 0 Å². The maximum Gasteiger partial charge on any atom is 0.319 e. The molecule has 0 saturated heterocycles. The predicted octanol–water partition coefficient (Wildman–Crippen LogP) is 5.02. The summed E-state index contributed by atoms with van der Waals surface area (Å²) in [4.78, 5) is 24.9. The van der Waals surface area contributed by atoms with Gasteiger partial charge in [-0.25, -0.2) is 4.79 Å². The molecule has 26 heavy (non-hydrogen) atoms. The molecule has 0 bridgehead atoms. The summed E-state index contributed by atoms with van der Waals surface area (Å²) in [6.07, 6.45) is 0. The van der Waals surface area contributed by atoms with E-state index in [2.05, 4.69) is 31.9 Å². The van der Waals surface area contributed by atoms with Gasteiger partial charge >= 0.3 is 6.03 Å². The summed E-state index contributed by atoms with van der Waals surface area (Å²) >= 11 is 15.9. The van der Waals surface area contributed by atoms with E-state index in [1.165, 1.54) is 0 Å². The summed E-state index contributed by atoms with van der Waals surface area (Å²) in [6, 6.07) is 11.0. The molecule has 0 aromatic heterocycles. The minimum atomic E-state index is -0.764. The smallest absolute Gasteiger partial charge is 0.319 e. The second-order valence-electron chi connectivity index (χ2n) is 5.67. The van der Waals surface area contributed by atoms with Gasteiger partial charge in [-0.3, -0.25) is 4.79 Å². The molecule has 8 heteroatoms. The normalized spacial score (nSPS) is 16.8. The quantitative estimate of drug-likeness (QED) is 0.609. The first-order chi connectivity index (χ1) is 12.4. The van der Waals surface area contributed by atoms with E-state index in [1.54, 1.807) is 37.3 Å². The lowest BCUT2D eigenvalue weighted by Gasteiger charge is -2.29. The van der Waals surface area contributed by atoms with Crippen LogP contribution < -0.4 is 16.0 Å². The Morgan fingerprint density at radius 2 is 1.73 bits per heavy atom. The number of urea groups is 1. The number of hydrogen-bond donors (Lipinski definition) is 3. The van der Waals surface area contributed by atoms with Gasteiger partial charge in [0.1, 0.15) is 0 Å². The van der Waals surface area contributed by atoms with Crippen LogP contribution in [0, 0.1) is 0 Å². The number of carbonyl (C=O) groups is 2. The fourth-order valence-corrected chi connectivity index (χ4v) is 3.61. The Morgan fingerprint density at radius 3 is 2.35 bits per heavy atom. The van der Waals surface area contributed by atoms with Crippen LogP contribution in [-0.4, -0.2) is 11.9 Å². The van der Waals surface area contributed by atoms with Gasteiger partial charge in [0.25, 0.3) is 5.91 Å². The van der Waals surface area contributed by atoms with Gasteiger partial charge in [0.05, 0.1) is 11.6 Å². The zero-order chi connectivity index (χ0) is 18.8. The summed E-state index contributed by atoms with van der Waals surface area (Å²) in [6.45, 7) is 1.66. The van der Waals surface area contributed by atoms with Crippen molar-refractivity contribution in [1.29, 1.82) is 0 Å². The van der Waals surface area contributed by atoms with Gasteiger partial charge in [0.15, 0.2) is 0 Å². The van der Waals surface area contributed by atoms with Gasteiger partial charge in [-0.15, -0.1) is 0 Å². The first kappa shape index (κ1) is 18.8. The van der Waals surface area contributed by atoms with Crippen LogP contribution in [0.1, 0.15) is 18.5 Å². The Morgan fingerprint density at radius 1 is 1.12 bits per heavy atom. The zero-order valence-electron chi connectivity index (χ0n) is 13.6. The average molecular weight is 455 g/mol. The molecule has 1 atom stereocenters. The Kier molecular flexibility index (Phi) is 5.55. The molecule has 1 aliphatic heterocycles. The molecule has 0 spiro atoms. The van der Waals surface area contributed by atoms with Crippen molar-refractivity contribution >= 4 is 56.8 Å². The van der Waals surface area contributed by atoms with Crippen LogP contribution in [-0.2, 0) is 4.79 Å². The number of rotatable bonds is 3. The van der Waals surface area contributed by atoms with Gasteiger partial charge in [-0.1, -0.05) is 45.2 Å². The Bertz CT molecular complexity index is 893. The van der Waals surface area contributed by atoms with Crippen LogP contribution in [0.4, 0.5) is 10.5 Å². The summed E-state index contributed by atoms with van der Waals surface area (Å²) in [5.74, 6) is -0.363. The van der Waals surface area contributed by atoms with Gasteiger partial charge in [-0.05, 0) is 43.3 Å². The lowest BCUT2D eigenvalue weighted by Crippen LogP contribution is -2.46. The Labute approximate surface area is 168 Å². The molecule has 1 heterocycles. The molecule has 0 radical (unpaired) electrons. The molecule has 3 amide bonds. The fraction of sp³-hybridized carbons (Fsp3) is 0.111. The average Bonchev–Trinajstić information content (AvgIpc) is 2.56. The number of anilines is 1. The molecule has 3 rings (SSSR count). The van der Waals surface area contributed by atoms with Crippen LogP contribution in [0.3, 0.4) is 0 Å². The second-order valence-corrected chi connectivity index (χ2v) is 7.40. The predicted molar refractivity (Wildman–Crippen MR) is 106 cm³/mol. The third kappa shape index (κ3) is 3.87. The number of carbonyl (C=O) groups excluding carboxylic acids is 2. The molecule has 0 fully saturated rings. The third-order valence-corrected chi connectivity index (χ3v) is 5.09. The van der Waals surface area contributed by atoms with E-state index in [0.29, 0.717) is 32.6 Å². The van der Waals surface area contributed by atoms with Crippen molar-refractivity contribution in [3.63, 3.8) is 0 Å². The summed E-state index contributed by atoms with van der Waals surface area (Å²) in [5, 5.41) is 8.91. The minimum Gasteiger partial charge on any atom is -0.327 e. The Balaban J connectivity index is 2.00. The molecule has 0 saturated carbocycles. The van der Waals surface area contributed by atoms with E-state index in [4.69, 9.17) is 23.2 Å². The molecular weight excluding hydrogens is 441 g/mol. The molecule has 2 aromatic rings. The standard InChI is InChI=1S/C18H14BrCl2N3O2/c1-9-14(17(25)23-11-7-5-10(19)6-8-11)16(24-18(26)22-9)15-12(20)3-2-4-13(15)21/h2-8,16H,1H3,(H,23,25)(H2,22,24,26)/t16-/m0/s1. The summed E-state index contributed by atoms with van der Waals surface area (Å²) in [5.41, 5.74) is 1.87. The van der Waals surface area contributed by atoms with Crippen molar-refractivity contribution < 1.29 is 9.59 Å². The van der Waals surface area contributed by atoms with E-state index in [1.807, 2.05) is 12.1 Å². The highest BCUT2D eigenvalue weighted by Crippen LogP contribution is 2.36. The van der Waals surface area contributed by atoms with Crippen LogP contribution in [0.15, 0.2) is 58.2 Å². The van der Waals surface area contributed by atoms with E-state index in [9.17, 15) is 9.59 Å². The number of halogens is 3. The third-order valence-electron chi connectivity index (χ3n) is 3.90. The first-order valence-corrected chi connectivity index (χ1v) is 9.21. The SMILES string of the molecule is CC1=C(C(=O)Nc2ccc(Br)cc2)[C@@H](c2c(Cl)cccc2Cl)NC(=O)N1. The van der Waals surface area contributed by atoms with Crippen LogP contribution in [0.25, 0.3) is 0 Å². The van der Waals surface area contributed by atoms with E-state index < -0.39 is 12.1 Å². The monoisotopic (exact) mass is 453 g/mol. The molecule has 1 aliphatic rings. The molecule has 5 nitrogen and oxygen atoms in total. The Hall–Kier alpha value is -2.02. The van der Waals surface area contributed by atoms with E-state index in [-0.39, 0.29) is 5.91 Å². The van der Waals surface area contributed by atoms with E-state index in [0.717, 1.165) is 4.47 Å². The van der Waals surface area contributed by atoms with Crippen LogP contribution >= 0.6 is 39.1 Å². The van der Waals surface area contributed by atoms with Gasteiger partial charge in [0, 0.05) is 31.5 Å². The highest BCUT2D eigenvalue weighted by molar-refractivity contribution is 9.10. The van der Waals surface area contributed by atoms with Gasteiger partial charge in [-0.2, -0.15) is 0 Å². The van der Waals surface area contributed by atoms with Crippen molar-refractivity contribution in [2.75, 3.05) is 5.32 Å². The number of benzene rings is 2. The van der Waals surface area contributed by atoms with Gasteiger partial charge < -0.3 is 16.0 Å². The van der Waals surface area contributed by atoms with Crippen molar-refractivity contribution in [2.45, 2.75) is 13.0 Å². The van der Waals surface area contributed by atoms with Crippen LogP contribution in [0.5, 0.6) is 0 Å². The lowest BCUT2D eigenvalue weighted by atomic mass is 9.94. The maximum absolute atomic E-state index is 12.9. The zero-order valence-corrected chi connectivity index (χ0v) is 16.7. The molecule has 2 aromatic carbocycles. The summed E-state index contributed by atoms with van der Waals surface area (Å²) < 4.78 is 0.901.